The van der Waals surface area contributed by atoms with Crippen LogP contribution in [0.25, 0.3) is 0 Å². The first-order chi connectivity index (χ1) is 8.08. The highest BCUT2D eigenvalue weighted by Crippen LogP contribution is 2.26. The van der Waals surface area contributed by atoms with E-state index in [0.717, 1.165) is 13.0 Å². The van der Waals surface area contributed by atoms with Crippen LogP contribution in [0.5, 0.6) is 0 Å². The van der Waals surface area contributed by atoms with Crippen molar-refractivity contribution in [2.24, 2.45) is 0 Å². The summed E-state index contributed by atoms with van der Waals surface area (Å²) in [6.07, 6.45) is 0.512. The van der Waals surface area contributed by atoms with Crippen LogP contribution in [-0.4, -0.2) is 16.7 Å². The highest BCUT2D eigenvalue weighted by atomic mass is 19.3. The second-order valence-electron chi connectivity index (χ2n) is 4.95. The van der Waals surface area contributed by atoms with E-state index in [1.165, 1.54) is 12.3 Å². The summed E-state index contributed by atoms with van der Waals surface area (Å²) in [4.78, 5) is 15.0. The lowest BCUT2D eigenvalue weighted by Gasteiger charge is -2.20. The first kappa shape index (κ1) is 14.3. The van der Waals surface area contributed by atoms with Crippen molar-refractivity contribution in [1.29, 1.82) is 0 Å². The van der Waals surface area contributed by atoms with Gasteiger partial charge in [-0.1, -0.05) is 0 Å². The van der Waals surface area contributed by atoms with Crippen molar-refractivity contribution in [2.75, 3.05) is 5.32 Å². The number of anilines is 1. The zero-order chi connectivity index (χ0) is 14.0. The third-order valence-corrected chi connectivity index (χ3v) is 1.85. The van der Waals surface area contributed by atoms with E-state index in [1.54, 1.807) is 20.8 Å². The molecule has 100 valence electrons. The van der Waals surface area contributed by atoms with Crippen LogP contribution < -0.4 is 5.32 Å². The molecule has 0 bridgehead atoms. The molecular formula is C12H16F2N2O2. The van der Waals surface area contributed by atoms with E-state index in [4.69, 9.17) is 4.74 Å². The van der Waals surface area contributed by atoms with Crippen molar-refractivity contribution in [1.82, 2.24) is 4.98 Å². The summed E-state index contributed by atoms with van der Waals surface area (Å²) < 4.78 is 31.1. The third kappa shape index (κ3) is 4.65. The Kier molecular flexibility index (Phi) is 3.88. The number of nitrogens with one attached hydrogen (secondary N) is 1. The molecule has 1 aromatic heterocycles. The molecule has 0 aliphatic rings. The van der Waals surface area contributed by atoms with E-state index in [1.807, 2.05) is 0 Å². The minimum Gasteiger partial charge on any atom is -0.444 e. The quantitative estimate of drug-likeness (QED) is 0.882. The van der Waals surface area contributed by atoms with E-state index >= 15 is 0 Å². The van der Waals surface area contributed by atoms with Gasteiger partial charge < -0.3 is 4.74 Å². The number of amides is 1. The first-order valence-corrected chi connectivity index (χ1v) is 5.42. The van der Waals surface area contributed by atoms with E-state index < -0.39 is 23.3 Å². The number of carbonyl (C=O) groups excluding carboxylic acids is 1. The molecule has 0 saturated heterocycles. The summed E-state index contributed by atoms with van der Waals surface area (Å²) in [6, 6.07) is 2.53. The fourth-order valence-corrected chi connectivity index (χ4v) is 1.17. The van der Waals surface area contributed by atoms with Crippen molar-refractivity contribution in [2.45, 2.75) is 39.2 Å². The lowest BCUT2D eigenvalue weighted by Crippen LogP contribution is -2.27. The Bertz CT molecular complexity index is 436. The van der Waals surface area contributed by atoms with Gasteiger partial charge in [0.15, 0.2) is 0 Å². The Balaban J connectivity index is 2.77. The summed E-state index contributed by atoms with van der Waals surface area (Å²) >= 11 is 0. The largest absolute Gasteiger partial charge is 0.444 e. The minimum atomic E-state index is -3.05. The molecular weight excluding hydrogens is 242 g/mol. The number of rotatable bonds is 2. The maximum atomic E-state index is 13.0. The molecule has 1 heterocycles. The lowest BCUT2D eigenvalue weighted by atomic mass is 10.2. The fraction of sp³-hybridized carbons (Fsp3) is 0.500. The summed E-state index contributed by atoms with van der Waals surface area (Å²) in [5, 5.41) is 2.38. The number of hydrogen-bond donors (Lipinski definition) is 1. The van der Waals surface area contributed by atoms with Gasteiger partial charge in [0.05, 0.1) is 0 Å². The van der Waals surface area contributed by atoms with Gasteiger partial charge in [0.25, 0.3) is 5.92 Å². The van der Waals surface area contributed by atoms with Gasteiger partial charge in [-0.3, -0.25) is 10.3 Å². The molecule has 1 N–H and O–H groups in total. The van der Waals surface area contributed by atoms with Gasteiger partial charge in [0, 0.05) is 18.8 Å². The van der Waals surface area contributed by atoms with Crippen LogP contribution in [0.3, 0.4) is 0 Å². The number of halogens is 2. The molecule has 18 heavy (non-hydrogen) atoms. The van der Waals surface area contributed by atoms with E-state index in [0.29, 0.717) is 0 Å². The van der Waals surface area contributed by atoms with Crippen LogP contribution in [-0.2, 0) is 10.7 Å². The molecule has 6 heteroatoms. The average Bonchev–Trinajstić information content (AvgIpc) is 2.13. The molecule has 1 rings (SSSR count). The van der Waals surface area contributed by atoms with Gasteiger partial charge >= 0.3 is 6.09 Å². The number of pyridine rings is 1. The van der Waals surface area contributed by atoms with Gasteiger partial charge in [-0.25, -0.2) is 4.79 Å². The van der Waals surface area contributed by atoms with Crippen LogP contribution in [0.4, 0.5) is 19.3 Å². The predicted octanol–water partition coefficient (Wildman–Crippen LogP) is 3.54. The topological polar surface area (TPSA) is 51.2 Å². The Morgan fingerprint density at radius 1 is 1.33 bits per heavy atom. The number of aromatic nitrogens is 1. The summed E-state index contributed by atoms with van der Waals surface area (Å²) in [6.45, 7) is 5.88. The molecule has 0 fully saturated rings. The van der Waals surface area contributed by atoms with Crippen molar-refractivity contribution >= 4 is 11.8 Å². The standard InChI is InChI=1S/C12H16F2N2O2/c1-11(2,3)18-10(17)16-8-5-6-15-9(7-8)12(4,13)14/h5-7H,1-4H3,(H,15,16,17). The Morgan fingerprint density at radius 3 is 2.44 bits per heavy atom. The van der Waals surface area contributed by atoms with Crippen LogP contribution in [0.1, 0.15) is 33.4 Å². The van der Waals surface area contributed by atoms with Gasteiger partial charge in [-0.05, 0) is 32.9 Å². The van der Waals surface area contributed by atoms with Crippen molar-refractivity contribution in [3.05, 3.63) is 24.0 Å². The number of nitrogens with zero attached hydrogens (tertiary/aromatic N) is 1. The molecule has 1 amide bonds. The lowest BCUT2D eigenvalue weighted by molar-refractivity contribution is 0.0128. The Labute approximate surface area is 104 Å². The SMILES string of the molecule is CC(C)(C)OC(=O)Nc1ccnc(C(C)(F)F)c1. The molecule has 0 unspecified atom stereocenters. The second-order valence-corrected chi connectivity index (χ2v) is 4.95. The number of hydrogen-bond acceptors (Lipinski definition) is 3. The molecule has 0 aliphatic heterocycles. The number of carbonyl (C=O) groups is 1. The summed E-state index contributed by atoms with van der Waals surface area (Å²) in [5.74, 6) is -3.05. The van der Waals surface area contributed by atoms with Crippen molar-refractivity contribution < 1.29 is 18.3 Å². The Morgan fingerprint density at radius 2 is 1.94 bits per heavy atom. The molecule has 4 nitrogen and oxygen atoms in total. The van der Waals surface area contributed by atoms with E-state index in [9.17, 15) is 13.6 Å². The molecule has 0 spiro atoms. The maximum Gasteiger partial charge on any atom is 0.412 e. The highest BCUT2D eigenvalue weighted by Gasteiger charge is 2.26. The molecule has 0 saturated carbocycles. The van der Waals surface area contributed by atoms with E-state index in [-0.39, 0.29) is 5.69 Å². The van der Waals surface area contributed by atoms with E-state index in [2.05, 4.69) is 10.3 Å². The second kappa shape index (κ2) is 4.88. The van der Waals surface area contributed by atoms with Gasteiger partial charge in [0.1, 0.15) is 11.3 Å². The summed E-state index contributed by atoms with van der Waals surface area (Å²) in [5.41, 5.74) is -0.832. The van der Waals surface area contributed by atoms with Crippen molar-refractivity contribution in [3.8, 4) is 0 Å². The molecule has 0 atom stereocenters. The van der Waals surface area contributed by atoms with Crippen LogP contribution >= 0.6 is 0 Å². The smallest absolute Gasteiger partial charge is 0.412 e. The van der Waals surface area contributed by atoms with Gasteiger partial charge in [-0.2, -0.15) is 8.78 Å². The molecule has 0 aliphatic carbocycles. The fourth-order valence-electron chi connectivity index (χ4n) is 1.17. The predicted molar refractivity (Wildman–Crippen MR) is 63.7 cm³/mol. The normalized spacial score (nSPS) is 12.1. The van der Waals surface area contributed by atoms with Crippen LogP contribution in [0, 0.1) is 0 Å². The number of ether oxygens (including phenoxy) is 1. The van der Waals surface area contributed by atoms with Crippen LogP contribution in [0.2, 0.25) is 0 Å². The molecule has 0 radical (unpaired) electrons. The molecule has 1 aromatic rings. The number of alkyl halides is 2. The minimum absolute atomic E-state index is 0.218. The first-order valence-electron chi connectivity index (χ1n) is 5.42. The van der Waals surface area contributed by atoms with Crippen LogP contribution in [0.15, 0.2) is 18.3 Å². The molecule has 0 aromatic carbocycles. The summed E-state index contributed by atoms with van der Waals surface area (Å²) in [7, 11) is 0. The maximum absolute atomic E-state index is 13.0. The monoisotopic (exact) mass is 258 g/mol. The van der Waals surface area contributed by atoms with Gasteiger partial charge in [0.2, 0.25) is 0 Å². The van der Waals surface area contributed by atoms with Gasteiger partial charge in [-0.15, -0.1) is 0 Å². The average molecular weight is 258 g/mol. The zero-order valence-electron chi connectivity index (χ0n) is 10.8. The zero-order valence-corrected chi connectivity index (χ0v) is 10.8. The Hall–Kier alpha value is -1.72. The van der Waals surface area contributed by atoms with Crippen molar-refractivity contribution in [3.63, 3.8) is 0 Å². The third-order valence-electron chi connectivity index (χ3n) is 1.85. The highest BCUT2D eigenvalue weighted by molar-refractivity contribution is 5.84.